The summed E-state index contributed by atoms with van der Waals surface area (Å²) < 4.78 is 53.4. The molecule has 0 spiro atoms. The Balaban J connectivity index is 1.72. The third-order valence-corrected chi connectivity index (χ3v) is 7.58. The van der Waals surface area contributed by atoms with E-state index in [1.54, 1.807) is 0 Å². The Morgan fingerprint density at radius 1 is 1.14 bits per heavy atom. The molecule has 29 heavy (non-hydrogen) atoms. The average Bonchev–Trinajstić information content (AvgIpc) is 3.08. The van der Waals surface area contributed by atoms with Crippen molar-refractivity contribution in [2.75, 3.05) is 5.73 Å². The largest absolute Gasteiger partial charge is 0.490 e. The molecule has 5 atom stereocenters. The second-order valence-corrected chi connectivity index (χ2v) is 10.2. The molecule has 2 unspecified atom stereocenters. The molecule has 0 bridgehead atoms. The molecule has 19 heteroatoms. The minimum absolute atomic E-state index is 0.0282. The van der Waals surface area contributed by atoms with Gasteiger partial charge in [0.2, 0.25) is 0 Å². The fraction of sp³-hybridized carbons (Fsp3) is 0.500. The second-order valence-electron chi connectivity index (χ2n) is 5.85. The molecular weight excluding hydrogens is 459 g/mol. The number of ether oxygens (including phenoxy) is 1. The number of anilines is 1. The first-order valence-electron chi connectivity index (χ1n) is 7.67. The molecule has 6 N–H and O–H groups in total. The summed E-state index contributed by atoms with van der Waals surface area (Å²) in [6.45, 7) is 1.50. The fourth-order valence-electron chi connectivity index (χ4n) is 2.64. The van der Waals surface area contributed by atoms with E-state index in [2.05, 4.69) is 23.6 Å². The fourth-order valence-corrected chi connectivity index (χ4v) is 5.90. The molecule has 2 aromatic heterocycles. The van der Waals surface area contributed by atoms with Crippen LogP contribution in [-0.2, 0) is 31.6 Å². The number of fused-ring (bicyclic) bond motifs is 1. The van der Waals surface area contributed by atoms with Crippen molar-refractivity contribution in [3.8, 4) is 0 Å². The zero-order chi connectivity index (χ0) is 21.6. The molecule has 0 aromatic carbocycles. The predicted molar refractivity (Wildman–Crippen MR) is 92.7 cm³/mol. The highest BCUT2D eigenvalue weighted by atomic mass is 31.3. The van der Waals surface area contributed by atoms with Crippen molar-refractivity contribution in [1.82, 2.24) is 19.5 Å². The van der Waals surface area contributed by atoms with Crippen LogP contribution >= 0.6 is 23.5 Å². The normalized spacial score (nSPS) is 27.0. The average molecular weight is 475 g/mol. The Hall–Kier alpha value is -1.28. The number of rotatable bonds is 7. The summed E-state index contributed by atoms with van der Waals surface area (Å²) in [5, 5.41) is 0. The van der Waals surface area contributed by atoms with Crippen LogP contribution in [0.5, 0.6) is 0 Å². The number of hydrogen-bond acceptors (Lipinski definition) is 11. The van der Waals surface area contributed by atoms with Gasteiger partial charge < -0.3 is 30.0 Å². The summed E-state index contributed by atoms with van der Waals surface area (Å²) in [5.41, 5.74) is 6.37. The summed E-state index contributed by atoms with van der Waals surface area (Å²) in [5.74, 6) is 0.143. The van der Waals surface area contributed by atoms with E-state index < -0.39 is 41.9 Å². The van der Waals surface area contributed by atoms with E-state index in [4.69, 9.17) is 24.8 Å². The lowest BCUT2D eigenvalue weighted by Gasteiger charge is -2.20. The molecule has 3 heterocycles. The third-order valence-electron chi connectivity index (χ3n) is 3.71. The van der Waals surface area contributed by atoms with E-state index in [-0.39, 0.29) is 12.2 Å². The van der Waals surface area contributed by atoms with Gasteiger partial charge in [-0.3, -0.25) is 9.09 Å². The van der Waals surface area contributed by atoms with Gasteiger partial charge in [0.1, 0.15) is 18.1 Å². The molecule has 2 aromatic rings. The lowest BCUT2D eigenvalue weighted by Crippen LogP contribution is -2.20. The molecule has 0 aliphatic carbocycles. The number of phosphoric acid groups is 3. The molecular formula is C10H16N5O11P3. The van der Waals surface area contributed by atoms with Crippen molar-refractivity contribution < 1.29 is 51.2 Å². The highest BCUT2D eigenvalue weighted by Gasteiger charge is 2.45. The van der Waals surface area contributed by atoms with Crippen LogP contribution in [0.25, 0.3) is 11.2 Å². The van der Waals surface area contributed by atoms with Crippen molar-refractivity contribution >= 4 is 40.4 Å². The highest BCUT2D eigenvalue weighted by molar-refractivity contribution is 7.66. The van der Waals surface area contributed by atoms with Crippen molar-refractivity contribution in [2.24, 2.45) is 0 Å². The van der Waals surface area contributed by atoms with Crippen molar-refractivity contribution in [2.45, 2.75) is 31.8 Å². The Kier molecular flexibility index (Phi) is 6.00. The van der Waals surface area contributed by atoms with Crippen LogP contribution < -0.4 is 5.73 Å². The van der Waals surface area contributed by atoms with E-state index in [1.165, 1.54) is 24.1 Å². The highest BCUT2D eigenvalue weighted by Crippen LogP contribution is 2.67. The number of aromatic nitrogens is 4. The topological polar surface area (TPSA) is 239 Å². The predicted octanol–water partition coefficient (Wildman–Crippen LogP) is 0.428. The molecule has 16 nitrogen and oxygen atoms in total. The zero-order valence-electron chi connectivity index (χ0n) is 14.4. The van der Waals surface area contributed by atoms with Crippen LogP contribution in [0.4, 0.5) is 5.82 Å². The smallest absolute Gasteiger partial charge is 0.382 e. The molecule has 1 aliphatic heterocycles. The van der Waals surface area contributed by atoms with Crippen LogP contribution in [0.15, 0.2) is 12.7 Å². The van der Waals surface area contributed by atoms with E-state index >= 15 is 0 Å². The van der Waals surface area contributed by atoms with Crippen LogP contribution in [0.1, 0.15) is 19.6 Å². The van der Waals surface area contributed by atoms with Gasteiger partial charge in [0.15, 0.2) is 11.5 Å². The third kappa shape index (κ3) is 5.45. The summed E-state index contributed by atoms with van der Waals surface area (Å²) in [7, 11) is -16.4. The van der Waals surface area contributed by atoms with Crippen LogP contribution in [0.3, 0.4) is 0 Å². The van der Waals surface area contributed by atoms with Gasteiger partial charge in [0, 0.05) is 6.42 Å². The van der Waals surface area contributed by atoms with Crippen molar-refractivity contribution in [1.29, 1.82) is 0 Å². The lowest BCUT2D eigenvalue weighted by molar-refractivity contribution is -0.00651. The number of hydrogen-bond donors (Lipinski definition) is 5. The second kappa shape index (κ2) is 7.76. The minimum atomic E-state index is -5.60. The summed E-state index contributed by atoms with van der Waals surface area (Å²) >= 11 is 0. The Morgan fingerprint density at radius 3 is 2.48 bits per heavy atom. The van der Waals surface area contributed by atoms with Gasteiger partial charge in [0.25, 0.3) is 0 Å². The SMILES string of the molecule is C[C@H]1O[C@@H](n2cnc3c(N)ncnc32)C[C@@H]1OP(=O)(O)OP(=O)(O)OP(=O)(O)O. The van der Waals surface area contributed by atoms with E-state index in [0.717, 1.165) is 0 Å². The van der Waals surface area contributed by atoms with Gasteiger partial charge >= 0.3 is 23.5 Å². The van der Waals surface area contributed by atoms with Crippen molar-refractivity contribution in [3.05, 3.63) is 12.7 Å². The molecule has 1 fully saturated rings. The maximum atomic E-state index is 12.0. The first-order valence-corrected chi connectivity index (χ1v) is 12.2. The summed E-state index contributed by atoms with van der Waals surface area (Å²) in [6.07, 6.45) is -0.0805. The maximum Gasteiger partial charge on any atom is 0.490 e. The van der Waals surface area contributed by atoms with Gasteiger partial charge in [-0.15, -0.1) is 0 Å². The maximum absolute atomic E-state index is 12.0. The minimum Gasteiger partial charge on any atom is -0.382 e. The standard InChI is InChI=1S/C10H16N5O11P3/c1-5-6(24-28(19,20)26-29(21,22)25-27(16,17)18)2-7(23-5)15-4-14-8-9(11)12-3-13-10(8)15/h3-7H,2H2,1H3,(H,19,20)(H,21,22)(H2,11,12,13)(H2,16,17,18)/t5-,6+,7-/m1/s1. The van der Waals surface area contributed by atoms with Gasteiger partial charge in [-0.1, -0.05) is 0 Å². The number of imidazole rings is 1. The van der Waals surface area contributed by atoms with E-state index in [9.17, 15) is 23.5 Å². The number of phosphoric ester groups is 1. The molecule has 1 saturated heterocycles. The number of nitrogens with two attached hydrogens (primary N) is 1. The van der Waals surface area contributed by atoms with Crippen LogP contribution in [-0.4, -0.2) is 51.3 Å². The van der Waals surface area contributed by atoms with Gasteiger partial charge in [-0.25, -0.2) is 28.6 Å². The Bertz CT molecular complexity index is 1060. The van der Waals surface area contributed by atoms with E-state index in [0.29, 0.717) is 11.2 Å². The summed E-state index contributed by atoms with van der Waals surface area (Å²) in [4.78, 5) is 47.9. The van der Waals surface area contributed by atoms with Gasteiger partial charge in [-0.05, 0) is 6.92 Å². The van der Waals surface area contributed by atoms with Crippen LogP contribution in [0, 0.1) is 0 Å². The van der Waals surface area contributed by atoms with Crippen LogP contribution in [0.2, 0.25) is 0 Å². The number of nitrogen functional groups attached to an aromatic ring is 1. The van der Waals surface area contributed by atoms with E-state index in [1.807, 2.05) is 0 Å². The van der Waals surface area contributed by atoms with Gasteiger partial charge in [-0.2, -0.15) is 8.62 Å². The first kappa shape index (κ1) is 22.4. The molecule has 0 radical (unpaired) electrons. The number of nitrogens with zero attached hydrogens (tertiary/aromatic N) is 4. The first-order chi connectivity index (χ1) is 13.3. The zero-order valence-corrected chi connectivity index (χ0v) is 17.1. The molecule has 0 amide bonds. The molecule has 1 aliphatic rings. The molecule has 3 rings (SSSR count). The van der Waals surface area contributed by atoms with Gasteiger partial charge in [0.05, 0.1) is 18.5 Å². The molecule has 162 valence electrons. The van der Waals surface area contributed by atoms with Crippen molar-refractivity contribution in [3.63, 3.8) is 0 Å². The Labute approximate surface area is 162 Å². The lowest BCUT2D eigenvalue weighted by atomic mass is 10.2. The monoisotopic (exact) mass is 475 g/mol. The Morgan fingerprint density at radius 2 is 1.83 bits per heavy atom. The molecule has 0 saturated carbocycles. The quantitative estimate of drug-likeness (QED) is 0.341. The summed E-state index contributed by atoms with van der Waals surface area (Å²) in [6, 6.07) is 0.